The van der Waals surface area contributed by atoms with Gasteiger partial charge in [0.2, 0.25) is 0 Å². The lowest BCUT2D eigenvalue weighted by molar-refractivity contribution is -0.126. The van der Waals surface area contributed by atoms with E-state index in [9.17, 15) is 9.90 Å². The molecule has 0 aromatic heterocycles. The topological polar surface area (TPSA) is 37.3 Å². The Morgan fingerprint density at radius 3 is 1.86 bits per heavy atom. The summed E-state index contributed by atoms with van der Waals surface area (Å²) in [5.41, 5.74) is 6.29. The van der Waals surface area contributed by atoms with Gasteiger partial charge in [-0.15, -0.1) is 0 Å². The van der Waals surface area contributed by atoms with Crippen molar-refractivity contribution in [3.05, 3.63) is 131 Å². The van der Waals surface area contributed by atoms with E-state index in [1.54, 1.807) is 12.2 Å². The van der Waals surface area contributed by atoms with Crippen LogP contribution in [-0.2, 0) is 4.79 Å². The highest BCUT2D eigenvalue weighted by Gasteiger charge is 2.26. The van der Waals surface area contributed by atoms with Crippen LogP contribution in [0.3, 0.4) is 0 Å². The lowest BCUT2D eigenvalue weighted by atomic mass is 9.72. The molecule has 1 aliphatic rings. The first-order chi connectivity index (χ1) is 19.6. The van der Waals surface area contributed by atoms with Crippen molar-refractivity contribution in [2.24, 2.45) is 11.3 Å². The van der Waals surface area contributed by atoms with Gasteiger partial charge in [0.05, 0.1) is 0 Å². The Bertz CT molecular complexity index is 1240. The summed E-state index contributed by atoms with van der Waals surface area (Å²) in [4.78, 5) is 12.4. The number of hydrogen-bond acceptors (Lipinski definition) is 2. The number of carbonyl (C=O) groups is 1. The van der Waals surface area contributed by atoms with Crippen LogP contribution in [0.15, 0.2) is 131 Å². The second kappa shape index (κ2) is 18.3. The summed E-state index contributed by atoms with van der Waals surface area (Å²) in [6.07, 6.45) is 36.4. The minimum atomic E-state index is -1.48. The van der Waals surface area contributed by atoms with E-state index in [1.807, 2.05) is 50.3 Å². The van der Waals surface area contributed by atoms with Crippen molar-refractivity contribution in [2.75, 3.05) is 0 Å². The van der Waals surface area contributed by atoms with Gasteiger partial charge in [-0.25, -0.2) is 0 Å². The average molecular weight is 569 g/mol. The third-order valence-corrected chi connectivity index (χ3v) is 7.37. The van der Waals surface area contributed by atoms with Gasteiger partial charge in [0.1, 0.15) is 5.60 Å². The highest BCUT2D eigenvalue weighted by molar-refractivity contribution is 5.98. The van der Waals surface area contributed by atoms with Crippen molar-refractivity contribution in [2.45, 2.75) is 101 Å². The summed E-state index contributed by atoms with van der Waals surface area (Å²) in [7, 11) is 0. The molecule has 0 heterocycles. The molecule has 1 atom stereocenters. The van der Waals surface area contributed by atoms with E-state index in [0.717, 1.165) is 17.6 Å². The van der Waals surface area contributed by atoms with E-state index in [0.29, 0.717) is 5.92 Å². The normalized spacial score (nSPS) is 19.7. The van der Waals surface area contributed by atoms with Gasteiger partial charge >= 0.3 is 0 Å². The smallest absolute Gasteiger partial charge is 0.190 e. The minimum absolute atomic E-state index is 0.270. The van der Waals surface area contributed by atoms with Crippen LogP contribution in [0, 0.1) is 11.3 Å². The van der Waals surface area contributed by atoms with Crippen LogP contribution < -0.4 is 0 Å². The summed E-state index contributed by atoms with van der Waals surface area (Å²) in [5, 5.41) is 10.4. The van der Waals surface area contributed by atoms with Crippen LogP contribution in [-0.4, -0.2) is 16.5 Å². The molecule has 0 amide bonds. The molecular formula is C40H56O2. The summed E-state index contributed by atoms with van der Waals surface area (Å²) in [6.45, 7) is 20.9. The molecule has 0 spiro atoms. The maximum absolute atomic E-state index is 12.4. The zero-order valence-electron chi connectivity index (χ0n) is 28.0. The van der Waals surface area contributed by atoms with Crippen LogP contribution in [0.2, 0.25) is 0 Å². The number of allylic oxidation sites excluding steroid dienone is 20. The summed E-state index contributed by atoms with van der Waals surface area (Å²) >= 11 is 0. The maximum Gasteiger partial charge on any atom is 0.190 e. The van der Waals surface area contributed by atoms with Gasteiger partial charge in [-0.1, -0.05) is 141 Å². The molecule has 1 N–H and O–H groups in total. The van der Waals surface area contributed by atoms with Crippen LogP contribution >= 0.6 is 0 Å². The minimum Gasteiger partial charge on any atom is -0.378 e. The Morgan fingerprint density at radius 2 is 1.33 bits per heavy atom. The lowest BCUT2D eigenvalue weighted by Crippen LogP contribution is -2.31. The van der Waals surface area contributed by atoms with Crippen LogP contribution in [0.4, 0.5) is 0 Å². The van der Waals surface area contributed by atoms with E-state index >= 15 is 0 Å². The number of rotatable bonds is 14. The van der Waals surface area contributed by atoms with Crippen molar-refractivity contribution >= 4 is 5.78 Å². The van der Waals surface area contributed by atoms with Gasteiger partial charge in [0.25, 0.3) is 0 Å². The monoisotopic (exact) mass is 568 g/mol. The molecule has 42 heavy (non-hydrogen) atoms. The molecule has 2 heteroatoms. The second-order valence-electron chi connectivity index (χ2n) is 12.9. The predicted octanol–water partition coefficient (Wildman–Crippen LogP) is 11.0. The molecule has 0 saturated carbocycles. The fourth-order valence-electron chi connectivity index (χ4n) is 4.59. The van der Waals surface area contributed by atoms with Crippen molar-refractivity contribution in [1.82, 2.24) is 0 Å². The number of ketones is 1. The first-order valence-corrected chi connectivity index (χ1v) is 15.4. The van der Waals surface area contributed by atoms with E-state index < -0.39 is 5.60 Å². The number of aliphatic hydroxyl groups is 1. The highest BCUT2D eigenvalue weighted by Crippen LogP contribution is 2.40. The molecule has 0 aromatic rings. The largest absolute Gasteiger partial charge is 0.378 e. The fraction of sp³-hybridized carbons (Fsp3) is 0.425. The quantitative estimate of drug-likeness (QED) is 0.129. The van der Waals surface area contributed by atoms with Gasteiger partial charge in [-0.05, 0) is 96.3 Å². The standard InChI is InChI=1S/C40H56O2/c1-31(2)17-15-30-40(10,42)38(41)28-26-35(6)23-14-21-33(4)19-12-11-18-32(3)20-13-22-34(5)25-27-37-36(7)24-16-29-39(37,8)9/h11-15,18-23,25-28,30-31,42H,16-17,24,29H2,1-10H3/b12-11+,20-13+,21-14+,27-25+,28-26+,30-15+,32-18+,33-19+,34-22+,35-23+. The highest BCUT2D eigenvalue weighted by atomic mass is 16.3. The third-order valence-electron chi connectivity index (χ3n) is 7.37. The summed E-state index contributed by atoms with van der Waals surface area (Å²) in [6, 6.07) is 0. The van der Waals surface area contributed by atoms with Crippen LogP contribution in [0.5, 0.6) is 0 Å². The van der Waals surface area contributed by atoms with Crippen LogP contribution in [0.25, 0.3) is 0 Å². The number of hydrogen-bond donors (Lipinski definition) is 1. The molecule has 1 unspecified atom stereocenters. The Labute approximate surface area is 257 Å². The Morgan fingerprint density at radius 1 is 0.833 bits per heavy atom. The zero-order chi connectivity index (χ0) is 31.8. The van der Waals surface area contributed by atoms with Crippen molar-refractivity contribution in [3.63, 3.8) is 0 Å². The zero-order valence-corrected chi connectivity index (χ0v) is 28.0. The molecule has 0 fully saturated rings. The molecule has 0 bridgehead atoms. The van der Waals surface area contributed by atoms with Gasteiger partial charge in [0.15, 0.2) is 5.78 Å². The second-order valence-corrected chi connectivity index (χ2v) is 12.9. The molecule has 1 aliphatic carbocycles. The Balaban J connectivity index is 2.64. The van der Waals surface area contributed by atoms with E-state index in [4.69, 9.17) is 0 Å². The first kappa shape index (κ1) is 36.8. The van der Waals surface area contributed by atoms with E-state index in [1.165, 1.54) is 54.6 Å². The van der Waals surface area contributed by atoms with Gasteiger partial charge < -0.3 is 5.11 Å². The average Bonchev–Trinajstić information content (AvgIpc) is 2.88. The molecule has 0 aromatic carbocycles. The SMILES string of the molecule is CC1=C(/C=C/C(C)=C/C=C/C(C)=C/C=C/C=C(C)/C=C/C=C(C)/C=C/C(=O)C(C)(O)/C=C/CC(C)C)C(C)(C)CCC1. The van der Waals surface area contributed by atoms with Crippen molar-refractivity contribution in [3.8, 4) is 0 Å². The van der Waals surface area contributed by atoms with Crippen molar-refractivity contribution in [1.29, 1.82) is 0 Å². The van der Waals surface area contributed by atoms with Gasteiger partial charge in [-0.2, -0.15) is 0 Å². The van der Waals surface area contributed by atoms with Gasteiger partial charge in [-0.3, -0.25) is 4.79 Å². The Hall–Kier alpha value is -3.23. The lowest BCUT2D eigenvalue weighted by Gasteiger charge is -2.32. The summed E-state index contributed by atoms with van der Waals surface area (Å²) in [5.74, 6) is 0.162. The predicted molar refractivity (Wildman–Crippen MR) is 185 cm³/mol. The molecule has 0 saturated heterocycles. The molecule has 0 radical (unpaired) electrons. The fourth-order valence-corrected chi connectivity index (χ4v) is 4.59. The van der Waals surface area contributed by atoms with Gasteiger partial charge in [0, 0.05) is 0 Å². The molecule has 228 valence electrons. The first-order valence-electron chi connectivity index (χ1n) is 15.4. The molecule has 1 rings (SSSR count). The number of carbonyl (C=O) groups excluding carboxylic acids is 1. The maximum atomic E-state index is 12.4. The molecule has 2 nitrogen and oxygen atoms in total. The van der Waals surface area contributed by atoms with E-state index in [2.05, 4.69) is 91.0 Å². The van der Waals surface area contributed by atoms with E-state index in [-0.39, 0.29) is 11.2 Å². The van der Waals surface area contributed by atoms with Crippen molar-refractivity contribution < 1.29 is 9.90 Å². The third kappa shape index (κ3) is 15.1. The van der Waals surface area contributed by atoms with Crippen LogP contribution in [0.1, 0.15) is 94.9 Å². The molecular weight excluding hydrogens is 512 g/mol. The Kier molecular flexibility index (Phi) is 16.1. The molecule has 0 aliphatic heterocycles. The summed E-state index contributed by atoms with van der Waals surface area (Å²) < 4.78 is 0.